The highest BCUT2D eigenvalue weighted by Gasteiger charge is 2.03. The molecule has 3 N–H and O–H groups in total. The molecule has 0 saturated carbocycles. The number of nitrogens with one attached hydrogen (secondary N) is 2. The molecule has 1 aromatic heterocycles. The van der Waals surface area contributed by atoms with E-state index in [2.05, 4.69) is 41.5 Å². The van der Waals surface area contributed by atoms with Gasteiger partial charge in [0.25, 0.3) is 0 Å². The summed E-state index contributed by atoms with van der Waals surface area (Å²) in [5.41, 5.74) is 2.41. The minimum Gasteiger partial charge on any atom is -0.395 e. The molecule has 1 aromatic carbocycles. The molecule has 3 nitrogen and oxygen atoms in total. The summed E-state index contributed by atoms with van der Waals surface area (Å²) in [6, 6.07) is 8.63. The molecule has 3 heteroatoms. The molecule has 1 heterocycles. The number of aliphatic hydroxyl groups is 1. The largest absolute Gasteiger partial charge is 0.395 e. The standard InChI is InChI=1S/C13H18N2O/c1-2-12(9-16)15-8-10-3-4-13-11(7-10)5-6-14-13/h3-7,12,14-16H,2,8-9H2,1H3/t12-/m0/s1. The van der Waals surface area contributed by atoms with E-state index in [-0.39, 0.29) is 12.6 Å². The van der Waals surface area contributed by atoms with Crippen LogP contribution in [0.2, 0.25) is 0 Å². The predicted molar refractivity (Wildman–Crippen MR) is 66.3 cm³/mol. The lowest BCUT2D eigenvalue weighted by atomic mass is 10.1. The van der Waals surface area contributed by atoms with Gasteiger partial charge in [-0.25, -0.2) is 0 Å². The van der Waals surface area contributed by atoms with E-state index in [1.165, 1.54) is 10.9 Å². The van der Waals surface area contributed by atoms with Crippen molar-refractivity contribution in [2.24, 2.45) is 0 Å². The van der Waals surface area contributed by atoms with Gasteiger partial charge in [0.2, 0.25) is 0 Å². The van der Waals surface area contributed by atoms with E-state index in [9.17, 15) is 0 Å². The predicted octanol–water partition coefficient (Wildman–Crippen LogP) is 2.03. The van der Waals surface area contributed by atoms with Crippen molar-refractivity contribution in [3.63, 3.8) is 0 Å². The van der Waals surface area contributed by atoms with Crippen molar-refractivity contribution in [3.05, 3.63) is 36.0 Å². The molecule has 0 aliphatic heterocycles. The van der Waals surface area contributed by atoms with Crippen molar-refractivity contribution >= 4 is 10.9 Å². The number of hydrogen-bond acceptors (Lipinski definition) is 2. The van der Waals surface area contributed by atoms with Crippen LogP contribution in [-0.4, -0.2) is 22.7 Å². The van der Waals surface area contributed by atoms with Gasteiger partial charge in [0.05, 0.1) is 6.61 Å². The van der Waals surface area contributed by atoms with E-state index in [0.717, 1.165) is 18.5 Å². The summed E-state index contributed by atoms with van der Waals surface area (Å²) < 4.78 is 0. The zero-order valence-corrected chi connectivity index (χ0v) is 9.53. The molecule has 2 rings (SSSR count). The second kappa shape index (κ2) is 5.14. The van der Waals surface area contributed by atoms with E-state index in [1.54, 1.807) is 0 Å². The fraction of sp³-hybridized carbons (Fsp3) is 0.385. The monoisotopic (exact) mass is 218 g/mol. The Kier molecular flexibility index (Phi) is 3.59. The molecule has 86 valence electrons. The van der Waals surface area contributed by atoms with Crippen molar-refractivity contribution in [3.8, 4) is 0 Å². The molecule has 0 saturated heterocycles. The van der Waals surface area contributed by atoms with Crippen LogP contribution in [0.5, 0.6) is 0 Å². The van der Waals surface area contributed by atoms with Crippen LogP contribution < -0.4 is 5.32 Å². The number of aliphatic hydroxyl groups excluding tert-OH is 1. The Morgan fingerprint density at radius 3 is 3.00 bits per heavy atom. The number of aromatic amines is 1. The summed E-state index contributed by atoms with van der Waals surface area (Å²) >= 11 is 0. The third kappa shape index (κ3) is 2.43. The highest BCUT2D eigenvalue weighted by molar-refractivity contribution is 5.79. The van der Waals surface area contributed by atoms with Crippen LogP contribution in [-0.2, 0) is 6.54 Å². The van der Waals surface area contributed by atoms with Gasteiger partial charge in [-0.2, -0.15) is 0 Å². The molecule has 0 amide bonds. The van der Waals surface area contributed by atoms with Crippen molar-refractivity contribution < 1.29 is 5.11 Å². The Bertz CT molecular complexity index is 446. The average molecular weight is 218 g/mol. The Morgan fingerprint density at radius 1 is 1.38 bits per heavy atom. The zero-order valence-electron chi connectivity index (χ0n) is 9.53. The smallest absolute Gasteiger partial charge is 0.0584 e. The molecular weight excluding hydrogens is 200 g/mol. The first kappa shape index (κ1) is 11.2. The normalized spacial score (nSPS) is 13.1. The number of aromatic nitrogens is 1. The van der Waals surface area contributed by atoms with Crippen LogP contribution in [0.3, 0.4) is 0 Å². The zero-order chi connectivity index (χ0) is 11.4. The number of rotatable bonds is 5. The number of fused-ring (bicyclic) bond motifs is 1. The number of hydrogen-bond donors (Lipinski definition) is 3. The van der Waals surface area contributed by atoms with Gasteiger partial charge >= 0.3 is 0 Å². The Hall–Kier alpha value is -1.32. The van der Waals surface area contributed by atoms with E-state index in [4.69, 9.17) is 5.11 Å². The summed E-state index contributed by atoms with van der Waals surface area (Å²) in [6.07, 6.45) is 2.90. The molecular formula is C13H18N2O. The summed E-state index contributed by atoms with van der Waals surface area (Å²) in [5.74, 6) is 0. The van der Waals surface area contributed by atoms with Crippen molar-refractivity contribution in [2.75, 3.05) is 6.61 Å². The summed E-state index contributed by atoms with van der Waals surface area (Å²) in [5, 5.41) is 13.6. The molecule has 0 radical (unpaired) electrons. The average Bonchev–Trinajstić information content (AvgIpc) is 2.77. The van der Waals surface area contributed by atoms with Gasteiger partial charge in [0, 0.05) is 24.3 Å². The first-order valence-corrected chi connectivity index (χ1v) is 5.73. The lowest BCUT2D eigenvalue weighted by Gasteiger charge is -2.13. The van der Waals surface area contributed by atoms with E-state index in [1.807, 2.05) is 6.20 Å². The molecule has 0 bridgehead atoms. The Labute approximate surface area is 95.5 Å². The SMILES string of the molecule is CC[C@@H](CO)NCc1ccc2[nH]ccc2c1. The summed E-state index contributed by atoms with van der Waals surface area (Å²) in [6.45, 7) is 3.08. The van der Waals surface area contributed by atoms with Crippen LogP contribution in [0, 0.1) is 0 Å². The fourth-order valence-corrected chi connectivity index (χ4v) is 1.81. The van der Waals surface area contributed by atoms with Crippen molar-refractivity contribution in [2.45, 2.75) is 25.9 Å². The van der Waals surface area contributed by atoms with Gasteiger partial charge in [-0.05, 0) is 35.6 Å². The second-order valence-corrected chi connectivity index (χ2v) is 4.07. The molecule has 0 fully saturated rings. The van der Waals surface area contributed by atoms with Crippen LogP contribution in [0.25, 0.3) is 10.9 Å². The van der Waals surface area contributed by atoms with Crippen molar-refractivity contribution in [1.29, 1.82) is 0 Å². The third-order valence-electron chi connectivity index (χ3n) is 2.93. The van der Waals surface area contributed by atoms with Crippen LogP contribution >= 0.6 is 0 Å². The lowest BCUT2D eigenvalue weighted by molar-refractivity contribution is 0.238. The Balaban J connectivity index is 2.03. The van der Waals surface area contributed by atoms with Crippen molar-refractivity contribution in [1.82, 2.24) is 10.3 Å². The van der Waals surface area contributed by atoms with E-state index < -0.39 is 0 Å². The molecule has 1 atom stereocenters. The molecule has 0 spiro atoms. The number of benzene rings is 1. The highest BCUT2D eigenvalue weighted by Crippen LogP contribution is 2.14. The van der Waals surface area contributed by atoms with Gasteiger partial charge in [0.15, 0.2) is 0 Å². The van der Waals surface area contributed by atoms with Gasteiger partial charge in [-0.1, -0.05) is 13.0 Å². The molecule has 0 unspecified atom stereocenters. The minimum absolute atomic E-state index is 0.196. The first-order valence-electron chi connectivity index (χ1n) is 5.73. The summed E-state index contributed by atoms with van der Waals surface area (Å²) in [4.78, 5) is 3.17. The topological polar surface area (TPSA) is 48.0 Å². The number of H-pyrrole nitrogens is 1. The third-order valence-corrected chi connectivity index (χ3v) is 2.93. The van der Waals surface area contributed by atoms with E-state index in [0.29, 0.717) is 0 Å². The summed E-state index contributed by atoms with van der Waals surface area (Å²) in [7, 11) is 0. The second-order valence-electron chi connectivity index (χ2n) is 4.07. The lowest BCUT2D eigenvalue weighted by Crippen LogP contribution is -2.31. The first-order chi connectivity index (χ1) is 7.83. The van der Waals surface area contributed by atoms with Gasteiger partial charge in [-0.3, -0.25) is 0 Å². The van der Waals surface area contributed by atoms with Crippen LogP contribution in [0.1, 0.15) is 18.9 Å². The van der Waals surface area contributed by atoms with Crippen LogP contribution in [0.15, 0.2) is 30.5 Å². The quantitative estimate of drug-likeness (QED) is 0.719. The minimum atomic E-state index is 0.196. The van der Waals surface area contributed by atoms with Gasteiger partial charge in [-0.15, -0.1) is 0 Å². The van der Waals surface area contributed by atoms with Gasteiger partial charge < -0.3 is 15.4 Å². The van der Waals surface area contributed by atoms with Gasteiger partial charge in [0.1, 0.15) is 0 Å². The molecule has 0 aliphatic rings. The maximum absolute atomic E-state index is 9.08. The fourth-order valence-electron chi connectivity index (χ4n) is 1.81. The highest BCUT2D eigenvalue weighted by atomic mass is 16.3. The van der Waals surface area contributed by atoms with E-state index >= 15 is 0 Å². The molecule has 16 heavy (non-hydrogen) atoms. The Morgan fingerprint density at radius 2 is 2.25 bits per heavy atom. The maximum atomic E-state index is 9.08. The molecule has 2 aromatic rings. The molecule has 0 aliphatic carbocycles. The van der Waals surface area contributed by atoms with Crippen LogP contribution in [0.4, 0.5) is 0 Å². The maximum Gasteiger partial charge on any atom is 0.0584 e.